The number of carbonyl (C=O) groups is 1. The summed E-state index contributed by atoms with van der Waals surface area (Å²) in [6.07, 6.45) is 0. The normalized spacial score (nSPS) is 12.3. The van der Waals surface area contributed by atoms with Crippen molar-refractivity contribution in [2.75, 3.05) is 14.2 Å². The van der Waals surface area contributed by atoms with Crippen molar-refractivity contribution in [3.63, 3.8) is 0 Å². The highest BCUT2D eigenvalue weighted by molar-refractivity contribution is 7.41. The largest absolute Gasteiger partial charge is 0.465 e. The van der Waals surface area contributed by atoms with Crippen LogP contribution in [0.1, 0.15) is 10.4 Å². The fourth-order valence-electron chi connectivity index (χ4n) is 2.60. The van der Waals surface area contributed by atoms with E-state index in [2.05, 4.69) is 0 Å². The number of hydrogen-bond donors (Lipinski definition) is 1. The molecule has 0 aliphatic rings. The minimum Gasteiger partial charge on any atom is -0.465 e. The Kier molecular flexibility index (Phi) is 4.44. The van der Waals surface area contributed by atoms with E-state index in [0.29, 0.717) is 16.7 Å². The molecule has 1 unspecified atom stereocenters. The van der Waals surface area contributed by atoms with Crippen LogP contribution in [0.25, 0.3) is 21.5 Å². The van der Waals surface area contributed by atoms with Gasteiger partial charge in [-0.1, -0.05) is 36.4 Å². The van der Waals surface area contributed by atoms with Gasteiger partial charge in [0.2, 0.25) is 0 Å². The first kappa shape index (κ1) is 15.7. The summed E-state index contributed by atoms with van der Waals surface area (Å²) in [5.41, 5.74) is 0.413. The summed E-state index contributed by atoms with van der Waals surface area (Å²) in [6.45, 7) is 0. The molecule has 1 N–H and O–H groups in total. The molecule has 5 nitrogen and oxygen atoms in total. The van der Waals surface area contributed by atoms with Crippen LogP contribution in [0.2, 0.25) is 0 Å². The summed E-state index contributed by atoms with van der Waals surface area (Å²) < 4.78 is 15.2. The van der Waals surface area contributed by atoms with E-state index < -0.39 is 14.6 Å². The molecule has 23 heavy (non-hydrogen) atoms. The summed E-state index contributed by atoms with van der Waals surface area (Å²) in [5.74, 6) is -0.0772. The first-order valence-electron chi connectivity index (χ1n) is 6.89. The third-order valence-corrected chi connectivity index (χ3v) is 4.24. The molecule has 0 saturated carbocycles. The third kappa shape index (κ3) is 2.86. The van der Waals surface area contributed by atoms with E-state index in [1.807, 2.05) is 36.4 Å². The lowest BCUT2D eigenvalue weighted by Crippen LogP contribution is -2.04. The molecule has 3 rings (SSSR count). The van der Waals surface area contributed by atoms with Gasteiger partial charge in [0.1, 0.15) is 5.75 Å². The maximum absolute atomic E-state index is 12.4. The van der Waals surface area contributed by atoms with Crippen LogP contribution in [-0.4, -0.2) is 25.1 Å². The lowest BCUT2D eigenvalue weighted by atomic mass is 9.96. The second-order valence-electron chi connectivity index (χ2n) is 4.83. The Morgan fingerprint density at radius 3 is 2.52 bits per heavy atom. The van der Waals surface area contributed by atoms with Crippen molar-refractivity contribution in [3.05, 3.63) is 54.1 Å². The zero-order valence-corrected chi connectivity index (χ0v) is 13.5. The fraction of sp³-hybridized carbons (Fsp3) is 0.118. The molecule has 0 amide bonds. The molecule has 0 fully saturated rings. The first-order valence-corrected chi connectivity index (χ1v) is 8.02. The quantitative estimate of drug-likeness (QED) is 0.444. The lowest BCUT2D eigenvalue weighted by Gasteiger charge is -2.15. The van der Waals surface area contributed by atoms with Gasteiger partial charge in [0.25, 0.3) is 0 Å². The maximum Gasteiger partial charge on any atom is 0.394 e. The molecule has 0 spiro atoms. The highest BCUT2D eigenvalue weighted by Gasteiger charge is 2.20. The molecule has 0 aliphatic heterocycles. The van der Waals surface area contributed by atoms with Gasteiger partial charge in [-0.25, -0.2) is 4.79 Å². The van der Waals surface area contributed by atoms with Crippen molar-refractivity contribution in [1.29, 1.82) is 0 Å². The molecule has 0 heterocycles. The molecular weight excluding hydrogens is 315 g/mol. The second kappa shape index (κ2) is 6.50. The molecule has 0 aromatic heterocycles. The van der Waals surface area contributed by atoms with Gasteiger partial charge in [-0.15, -0.1) is 0 Å². The van der Waals surface area contributed by atoms with E-state index in [1.54, 1.807) is 12.1 Å². The van der Waals surface area contributed by atoms with Crippen molar-refractivity contribution in [3.8, 4) is 5.75 Å². The van der Waals surface area contributed by atoms with Gasteiger partial charge in [-0.3, -0.25) is 0 Å². The van der Waals surface area contributed by atoms with Gasteiger partial charge in [0, 0.05) is 12.5 Å². The molecule has 0 bridgehead atoms. The van der Waals surface area contributed by atoms with Crippen molar-refractivity contribution in [2.24, 2.45) is 0 Å². The Labute approximate surface area is 134 Å². The fourth-order valence-corrected chi connectivity index (χ4v) is 3.00. The minimum atomic E-state index is -2.06. The monoisotopic (exact) mass is 330 g/mol. The topological polar surface area (TPSA) is 65.0 Å². The Morgan fingerprint density at radius 2 is 1.78 bits per heavy atom. The van der Waals surface area contributed by atoms with E-state index in [0.717, 1.165) is 16.2 Å². The molecule has 118 valence electrons. The predicted octanol–water partition coefficient (Wildman–Crippen LogP) is 4.02. The van der Waals surface area contributed by atoms with Crippen molar-refractivity contribution in [1.82, 2.24) is 0 Å². The number of fused-ring (bicyclic) bond motifs is 2. The molecule has 0 saturated heterocycles. The van der Waals surface area contributed by atoms with Gasteiger partial charge in [-0.2, -0.15) is 0 Å². The predicted molar refractivity (Wildman–Crippen MR) is 89.6 cm³/mol. The summed E-state index contributed by atoms with van der Waals surface area (Å²) in [4.78, 5) is 22.1. The molecule has 0 radical (unpaired) electrons. The van der Waals surface area contributed by atoms with Crippen LogP contribution in [0.15, 0.2) is 48.5 Å². The van der Waals surface area contributed by atoms with Crippen LogP contribution >= 0.6 is 8.60 Å². The van der Waals surface area contributed by atoms with Crippen LogP contribution in [-0.2, 0) is 9.26 Å². The Bertz CT molecular complexity index is 877. The molecular formula is C17H15O5P. The zero-order valence-electron chi connectivity index (χ0n) is 12.6. The Hall–Kier alpha value is -2.20. The average Bonchev–Trinajstić information content (AvgIpc) is 2.59. The molecule has 1 atom stereocenters. The highest BCUT2D eigenvalue weighted by Crippen LogP contribution is 2.41. The standard InChI is InChI=1S/C17H15O5P/c1-20-17(18)16-13-8-4-3-6-11(13)10-12-7-5-9-14(15(12)16)22-23(19)21-2/h3-10,19H,1-2H3. The van der Waals surface area contributed by atoms with E-state index in [4.69, 9.17) is 13.8 Å². The van der Waals surface area contributed by atoms with E-state index in [9.17, 15) is 9.69 Å². The van der Waals surface area contributed by atoms with Crippen molar-refractivity contribution < 1.29 is 23.5 Å². The maximum atomic E-state index is 12.4. The Balaban J connectivity index is 2.39. The third-order valence-electron chi connectivity index (χ3n) is 3.57. The highest BCUT2D eigenvalue weighted by atomic mass is 31.2. The van der Waals surface area contributed by atoms with Gasteiger partial charge < -0.3 is 18.7 Å². The summed E-state index contributed by atoms with van der Waals surface area (Å²) in [6, 6.07) is 14.9. The van der Waals surface area contributed by atoms with Gasteiger partial charge in [0.15, 0.2) is 0 Å². The smallest absolute Gasteiger partial charge is 0.394 e. The lowest BCUT2D eigenvalue weighted by molar-refractivity contribution is 0.0605. The van der Waals surface area contributed by atoms with Gasteiger partial charge in [0.05, 0.1) is 12.7 Å². The van der Waals surface area contributed by atoms with Crippen LogP contribution in [0.4, 0.5) is 0 Å². The molecule has 6 heteroatoms. The van der Waals surface area contributed by atoms with Gasteiger partial charge in [-0.05, 0) is 28.3 Å². The molecule has 3 aromatic carbocycles. The van der Waals surface area contributed by atoms with Crippen molar-refractivity contribution in [2.45, 2.75) is 0 Å². The SMILES string of the molecule is COC(=O)c1c2ccccc2cc2cccc(OP(O)OC)c12. The van der Waals surface area contributed by atoms with E-state index >= 15 is 0 Å². The van der Waals surface area contributed by atoms with E-state index in [1.165, 1.54) is 14.2 Å². The summed E-state index contributed by atoms with van der Waals surface area (Å²) in [7, 11) is 0.636. The van der Waals surface area contributed by atoms with Crippen LogP contribution < -0.4 is 4.52 Å². The van der Waals surface area contributed by atoms with Crippen molar-refractivity contribution >= 4 is 36.1 Å². The summed E-state index contributed by atoms with van der Waals surface area (Å²) in [5, 5.41) is 3.11. The molecule has 3 aromatic rings. The second-order valence-corrected chi connectivity index (χ2v) is 5.85. The number of methoxy groups -OCH3 is 1. The zero-order chi connectivity index (χ0) is 16.4. The Morgan fingerprint density at radius 1 is 1.04 bits per heavy atom. The molecule has 0 aliphatic carbocycles. The number of esters is 1. The summed E-state index contributed by atoms with van der Waals surface area (Å²) >= 11 is 0. The van der Waals surface area contributed by atoms with Crippen LogP contribution in [0.3, 0.4) is 0 Å². The number of ether oxygens (including phenoxy) is 1. The van der Waals surface area contributed by atoms with Crippen LogP contribution in [0, 0.1) is 0 Å². The minimum absolute atomic E-state index is 0.379. The number of benzene rings is 3. The van der Waals surface area contributed by atoms with Gasteiger partial charge >= 0.3 is 14.6 Å². The van der Waals surface area contributed by atoms with E-state index in [-0.39, 0.29) is 0 Å². The average molecular weight is 330 g/mol. The van der Waals surface area contributed by atoms with Crippen LogP contribution in [0.5, 0.6) is 5.75 Å². The number of rotatable bonds is 4. The number of carbonyl (C=O) groups excluding carboxylic acids is 1. The number of hydrogen-bond acceptors (Lipinski definition) is 5. The first-order chi connectivity index (χ1) is 11.2.